The molecule has 132 valence electrons. The van der Waals surface area contributed by atoms with E-state index in [9.17, 15) is 4.79 Å². The lowest BCUT2D eigenvalue weighted by Gasteiger charge is -2.19. The summed E-state index contributed by atoms with van der Waals surface area (Å²) in [5.74, 6) is 0.440. The Balaban J connectivity index is 1.61. The molecule has 2 aromatic carbocycles. The zero-order chi connectivity index (χ0) is 17.6. The number of anilines is 2. The van der Waals surface area contributed by atoms with Gasteiger partial charge in [0.05, 0.1) is 0 Å². The van der Waals surface area contributed by atoms with Gasteiger partial charge in [0.15, 0.2) is 6.10 Å². The van der Waals surface area contributed by atoms with E-state index in [0.29, 0.717) is 17.2 Å². The fraction of sp³-hybridized carbons (Fsp3) is 0.350. The fourth-order valence-electron chi connectivity index (χ4n) is 2.98. The first-order valence-corrected chi connectivity index (χ1v) is 9.11. The van der Waals surface area contributed by atoms with Crippen molar-refractivity contribution in [3.05, 3.63) is 53.6 Å². The van der Waals surface area contributed by atoms with Crippen LogP contribution in [0.4, 0.5) is 11.4 Å². The minimum Gasteiger partial charge on any atom is -0.481 e. The van der Waals surface area contributed by atoms with E-state index in [1.165, 1.54) is 18.5 Å². The first-order valence-electron chi connectivity index (χ1n) is 8.74. The van der Waals surface area contributed by atoms with E-state index in [1.54, 1.807) is 24.3 Å². The number of amides is 1. The number of ether oxygens (including phenoxy) is 1. The monoisotopic (exact) mass is 358 g/mol. The number of halogens is 1. The van der Waals surface area contributed by atoms with Crippen molar-refractivity contribution in [3.63, 3.8) is 0 Å². The average Bonchev–Trinajstić information content (AvgIpc) is 3.15. The highest BCUT2D eigenvalue weighted by Gasteiger charge is 2.19. The number of carbonyl (C=O) groups excluding carboxylic acids is 1. The lowest BCUT2D eigenvalue weighted by Crippen LogP contribution is -2.32. The number of nitrogens with zero attached hydrogens (tertiary/aromatic N) is 1. The zero-order valence-electron chi connectivity index (χ0n) is 14.4. The van der Waals surface area contributed by atoms with Crippen molar-refractivity contribution in [2.24, 2.45) is 0 Å². The quantitative estimate of drug-likeness (QED) is 0.811. The third-order valence-corrected chi connectivity index (χ3v) is 4.58. The fourth-order valence-corrected chi connectivity index (χ4v) is 3.16. The normalized spacial score (nSPS) is 15.0. The Morgan fingerprint density at radius 3 is 2.56 bits per heavy atom. The van der Waals surface area contributed by atoms with Crippen LogP contribution in [0.2, 0.25) is 5.02 Å². The topological polar surface area (TPSA) is 41.6 Å². The SMILES string of the molecule is CCC(Oc1cccc(Cl)c1)C(=O)Nc1ccc(N2CCCC2)cc1. The van der Waals surface area contributed by atoms with E-state index in [-0.39, 0.29) is 5.91 Å². The number of nitrogens with one attached hydrogen (secondary N) is 1. The van der Waals surface area contributed by atoms with Gasteiger partial charge in [-0.2, -0.15) is 0 Å². The van der Waals surface area contributed by atoms with Crippen molar-refractivity contribution in [1.29, 1.82) is 0 Å². The average molecular weight is 359 g/mol. The molecular weight excluding hydrogens is 336 g/mol. The van der Waals surface area contributed by atoms with Gasteiger partial charge in [0.2, 0.25) is 0 Å². The van der Waals surface area contributed by atoms with Gasteiger partial charge in [-0.05, 0) is 61.7 Å². The Morgan fingerprint density at radius 1 is 1.20 bits per heavy atom. The van der Waals surface area contributed by atoms with Crippen LogP contribution in [0.5, 0.6) is 5.75 Å². The molecule has 25 heavy (non-hydrogen) atoms. The summed E-state index contributed by atoms with van der Waals surface area (Å²) >= 11 is 5.96. The predicted octanol–water partition coefficient (Wildman–Crippen LogP) is 4.74. The molecule has 1 atom stereocenters. The van der Waals surface area contributed by atoms with Gasteiger partial charge in [0, 0.05) is 29.5 Å². The molecule has 1 aliphatic heterocycles. The number of hydrogen-bond acceptors (Lipinski definition) is 3. The number of carbonyl (C=O) groups is 1. The highest BCUT2D eigenvalue weighted by molar-refractivity contribution is 6.30. The highest BCUT2D eigenvalue weighted by atomic mass is 35.5. The number of rotatable bonds is 6. The third kappa shape index (κ3) is 4.67. The molecule has 5 heteroatoms. The summed E-state index contributed by atoms with van der Waals surface area (Å²) in [7, 11) is 0. The summed E-state index contributed by atoms with van der Waals surface area (Å²) in [4.78, 5) is 14.9. The highest BCUT2D eigenvalue weighted by Crippen LogP contribution is 2.23. The molecule has 1 aliphatic rings. The maximum Gasteiger partial charge on any atom is 0.265 e. The zero-order valence-corrected chi connectivity index (χ0v) is 15.1. The Kier molecular flexibility index (Phi) is 5.82. The second-order valence-electron chi connectivity index (χ2n) is 6.20. The van der Waals surface area contributed by atoms with Crippen LogP contribution in [0.3, 0.4) is 0 Å². The first kappa shape index (κ1) is 17.6. The van der Waals surface area contributed by atoms with Crippen LogP contribution < -0.4 is 15.0 Å². The van der Waals surface area contributed by atoms with E-state index >= 15 is 0 Å². The largest absolute Gasteiger partial charge is 0.481 e. The maximum atomic E-state index is 12.5. The van der Waals surface area contributed by atoms with Crippen LogP contribution in [-0.4, -0.2) is 25.1 Å². The first-order chi connectivity index (χ1) is 12.2. The van der Waals surface area contributed by atoms with Gasteiger partial charge in [0.1, 0.15) is 5.75 Å². The molecular formula is C20H23ClN2O2. The van der Waals surface area contributed by atoms with Crippen molar-refractivity contribution < 1.29 is 9.53 Å². The second-order valence-corrected chi connectivity index (χ2v) is 6.64. The molecule has 1 fully saturated rings. The number of benzene rings is 2. The smallest absolute Gasteiger partial charge is 0.265 e. The van der Waals surface area contributed by atoms with E-state index < -0.39 is 6.10 Å². The molecule has 1 heterocycles. The van der Waals surface area contributed by atoms with E-state index in [1.807, 2.05) is 19.1 Å². The minimum absolute atomic E-state index is 0.156. The van der Waals surface area contributed by atoms with Gasteiger partial charge < -0.3 is 15.0 Å². The van der Waals surface area contributed by atoms with E-state index in [0.717, 1.165) is 18.8 Å². The lowest BCUT2D eigenvalue weighted by atomic mass is 10.2. The van der Waals surface area contributed by atoms with Gasteiger partial charge >= 0.3 is 0 Å². The van der Waals surface area contributed by atoms with Crippen LogP contribution in [0.15, 0.2) is 48.5 Å². The summed E-state index contributed by atoms with van der Waals surface area (Å²) in [5, 5.41) is 3.52. The Morgan fingerprint density at radius 2 is 1.92 bits per heavy atom. The van der Waals surface area contributed by atoms with Crippen molar-refractivity contribution in [3.8, 4) is 5.75 Å². The van der Waals surface area contributed by atoms with Crippen molar-refractivity contribution in [2.75, 3.05) is 23.3 Å². The molecule has 3 rings (SSSR count). The molecule has 1 N–H and O–H groups in total. The second kappa shape index (κ2) is 8.26. The summed E-state index contributed by atoms with van der Waals surface area (Å²) in [6, 6.07) is 15.1. The minimum atomic E-state index is -0.559. The molecule has 0 aliphatic carbocycles. The molecule has 0 aromatic heterocycles. The van der Waals surface area contributed by atoms with Gasteiger partial charge in [-0.3, -0.25) is 4.79 Å². The summed E-state index contributed by atoms with van der Waals surface area (Å²) in [5.41, 5.74) is 1.99. The molecule has 0 saturated carbocycles. The summed E-state index contributed by atoms with van der Waals surface area (Å²) in [6.07, 6.45) is 2.51. The lowest BCUT2D eigenvalue weighted by molar-refractivity contribution is -0.122. The number of hydrogen-bond donors (Lipinski definition) is 1. The van der Waals surface area contributed by atoms with Crippen molar-refractivity contribution >= 4 is 28.9 Å². The van der Waals surface area contributed by atoms with Gasteiger partial charge in [-0.15, -0.1) is 0 Å². The van der Waals surface area contributed by atoms with Gasteiger partial charge in [-0.1, -0.05) is 24.6 Å². The van der Waals surface area contributed by atoms with Crippen molar-refractivity contribution in [2.45, 2.75) is 32.3 Å². The summed E-state index contributed by atoms with van der Waals surface area (Å²) < 4.78 is 5.78. The van der Waals surface area contributed by atoms with Gasteiger partial charge in [-0.25, -0.2) is 0 Å². The molecule has 1 amide bonds. The van der Waals surface area contributed by atoms with Crippen LogP contribution in [0.1, 0.15) is 26.2 Å². The standard InChI is InChI=1S/C20H23ClN2O2/c1-2-19(25-18-7-5-6-15(21)14-18)20(24)22-16-8-10-17(11-9-16)23-12-3-4-13-23/h5-11,14,19H,2-4,12-13H2,1H3,(H,22,24). The van der Waals surface area contributed by atoms with E-state index in [2.05, 4.69) is 22.3 Å². The molecule has 1 saturated heterocycles. The molecule has 0 radical (unpaired) electrons. The van der Waals surface area contributed by atoms with Crippen LogP contribution in [0, 0.1) is 0 Å². The Labute approximate surface area is 153 Å². The maximum absolute atomic E-state index is 12.5. The predicted molar refractivity (Wildman–Crippen MR) is 103 cm³/mol. The molecule has 0 bridgehead atoms. The summed E-state index contributed by atoms with van der Waals surface area (Å²) in [6.45, 7) is 4.14. The van der Waals surface area contributed by atoms with Crippen LogP contribution in [-0.2, 0) is 4.79 Å². The van der Waals surface area contributed by atoms with Crippen LogP contribution >= 0.6 is 11.6 Å². The van der Waals surface area contributed by atoms with E-state index in [4.69, 9.17) is 16.3 Å². The van der Waals surface area contributed by atoms with Crippen LogP contribution in [0.25, 0.3) is 0 Å². The molecule has 0 spiro atoms. The third-order valence-electron chi connectivity index (χ3n) is 4.34. The Hall–Kier alpha value is -2.20. The van der Waals surface area contributed by atoms with Crippen molar-refractivity contribution in [1.82, 2.24) is 0 Å². The molecule has 4 nitrogen and oxygen atoms in total. The molecule has 2 aromatic rings. The molecule has 1 unspecified atom stereocenters. The Bertz CT molecular complexity index is 712. The van der Waals surface area contributed by atoms with Gasteiger partial charge in [0.25, 0.3) is 5.91 Å².